The molecule has 1 aliphatic rings. The smallest absolute Gasteiger partial charge is 0.227 e. The summed E-state index contributed by atoms with van der Waals surface area (Å²) in [6.07, 6.45) is 1.94. The number of nitrogens with zero attached hydrogens (tertiary/aromatic N) is 3. The summed E-state index contributed by atoms with van der Waals surface area (Å²) in [5.74, 6) is 1.18. The first kappa shape index (κ1) is 16.6. The van der Waals surface area contributed by atoms with Crippen LogP contribution in [0.3, 0.4) is 0 Å². The van der Waals surface area contributed by atoms with Crippen LogP contribution in [0.5, 0.6) is 0 Å². The molecule has 3 rings (SSSR count). The Hall–Kier alpha value is -2.21. The fourth-order valence-corrected chi connectivity index (χ4v) is 2.78. The maximum absolute atomic E-state index is 12.2. The zero-order valence-corrected chi connectivity index (χ0v) is 14.2. The van der Waals surface area contributed by atoms with E-state index in [1.807, 2.05) is 24.0 Å². The molecular weight excluding hydrogens is 306 g/mol. The van der Waals surface area contributed by atoms with Crippen LogP contribution in [0.1, 0.15) is 31.7 Å². The van der Waals surface area contributed by atoms with E-state index in [0.717, 1.165) is 12.0 Å². The average Bonchev–Trinajstić information content (AvgIpc) is 3.09. The molecule has 1 aromatic heterocycles. The summed E-state index contributed by atoms with van der Waals surface area (Å²) in [6, 6.07) is 8.12. The molecule has 1 atom stereocenters. The SMILES string of the molecule is CCc1ccc(-c2noc(CCC(=O)N3CCOC(C)C3)n2)cc1. The van der Waals surface area contributed by atoms with Gasteiger partial charge in [0.25, 0.3) is 0 Å². The zero-order valence-electron chi connectivity index (χ0n) is 14.2. The van der Waals surface area contributed by atoms with E-state index in [0.29, 0.717) is 44.3 Å². The number of amides is 1. The first-order chi connectivity index (χ1) is 11.7. The average molecular weight is 329 g/mol. The molecule has 128 valence electrons. The minimum absolute atomic E-state index is 0.101. The van der Waals surface area contributed by atoms with Crippen molar-refractivity contribution >= 4 is 5.91 Å². The van der Waals surface area contributed by atoms with Crippen molar-refractivity contribution in [3.63, 3.8) is 0 Å². The Balaban J connectivity index is 1.56. The number of hydrogen-bond acceptors (Lipinski definition) is 5. The summed E-state index contributed by atoms with van der Waals surface area (Å²) in [5.41, 5.74) is 2.20. The third-order valence-corrected chi connectivity index (χ3v) is 4.23. The van der Waals surface area contributed by atoms with Crippen LogP contribution in [-0.2, 0) is 22.4 Å². The summed E-state index contributed by atoms with van der Waals surface area (Å²) < 4.78 is 10.7. The number of benzene rings is 1. The highest BCUT2D eigenvalue weighted by atomic mass is 16.5. The fourth-order valence-electron chi connectivity index (χ4n) is 2.78. The molecule has 0 saturated carbocycles. The lowest BCUT2D eigenvalue weighted by Crippen LogP contribution is -2.44. The second-order valence-corrected chi connectivity index (χ2v) is 6.08. The van der Waals surface area contributed by atoms with Crippen LogP contribution < -0.4 is 0 Å². The third kappa shape index (κ3) is 4.00. The van der Waals surface area contributed by atoms with Crippen molar-refractivity contribution in [2.24, 2.45) is 0 Å². The van der Waals surface area contributed by atoms with Gasteiger partial charge in [0.1, 0.15) is 0 Å². The van der Waals surface area contributed by atoms with Gasteiger partial charge in [-0.05, 0) is 18.9 Å². The number of aromatic nitrogens is 2. The Morgan fingerprint density at radius 2 is 2.12 bits per heavy atom. The highest BCUT2D eigenvalue weighted by Crippen LogP contribution is 2.17. The molecule has 1 aromatic carbocycles. The highest BCUT2D eigenvalue weighted by molar-refractivity contribution is 5.76. The van der Waals surface area contributed by atoms with Crippen molar-refractivity contribution in [2.45, 2.75) is 39.2 Å². The normalized spacial score (nSPS) is 17.9. The molecule has 6 nitrogen and oxygen atoms in total. The van der Waals surface area contributed by atoms with Crippen LogP contribution in [0.2, 0.25) is 0 Å². The lowest BCUT2D eigenvalue weighted by molar-refractivity contribution is -0.138. The van der Waals surface area contributed by atoms with Crippen molar-refractivity contribution in [3.05, 3.63) is 35.7 Å². The Bertz CT molecular complexity index is 681. The molecular formula is C18H23N3O3. The van der Waals surface area contributed by atoms with E-state index < -0.39 is 0 Å². The lowest BCUT2D eigenvalue weighted by atomic mass is 10.1. The maximum atomic E-state index is 12.2. The second-order valence-electron chi connectivity index (χ2n) is 6.08. The molecule has 0 N–H and O–H groups in total. The number of carbonyl (C=O) groups is 1. The van der Waals surface area contributed by atoms with Gasteiger partial charge < -0.3 is 14.2 Å². The van der Waals surface area contributed by atoms with Gasteiger partial charge in [-0.1, -0.05) is 36.3 Å². The first-order valence-electron chi connectivity index (χ1n) is 8.47. The van der Waals surface area contributed by atoms with Crippen LogP contribution >= 0.6 is 0 Å². The number of ether oxygens (including phenoxy) is 1. The standard InChI is InChI=1S/C18H23N3O3/c1-3-14-4-6-15(7-5-14)18-19-16(24-20-18)8-9-17(22)21-10-11-23-13(2)12-21/h4-7,13H,3,8-12H2,1-2H3. The number of morpholine rings is 1. The van der Waals surface area contributed by atoms with E-state index in [9.17, 15) is 4.79 Å². The number of aryl methyl sites for hydroxylation is 2. The van der Waals surface area contributed by atoms with Gasteiger partial charge >= 0.3 is 0 Å². The Labute approximate surface area is 141 Å². The van der Waals surface area contributed by atoms with E-state index in [1.165, 1.54) is 5.56 Å². The number of rotatable bonds is 5. The van der Waals surface area contributed by atoms with Gasteiger partial charge in [-0.3, -0.25) is 4.79 Å². The molecule has 1 saturated heterocycles. The molecule has 24 heavy (non-hydrogen) atoms. The Kier molecular flexibility index (Phi) is 5.25. The number of hydrogen-bond donors (Lipinski definition) is 0. The molecule has 1 fully saturated rings. The van der Waals surface area contributed by atoms with Crippen molar-refractivity contribution in [1.29, 1.82) is 0 Å². The van der Waals surface area contributed by atoms with E-state index in [1.54, 1.807) is 0 Å². The van der Waals surface area contributed by atoms with Gasteiger partial charge in [0.15, 0.2) is 0 Å². The summed E-state index contributed by atoms with van der Waals surface area (Å²) in [4.78, 5) is 18.5. The molecule has 0 bridgehead atoms. The van der Waals surface area contributed by atoms with Crippen LogP contribution in [0.25, 0.3) is 11.4 Å². The molecule has 1 amide bonds. The largest absolute Gasteiger partial charge is 0.375 e. The predicted molar refractivity (Wildman–Crippen MR) is 89.4 cm³/mol. The number of carbonyl (C=O) groups excluding carboxylic acids is 1. The topological polar surface area (TPSA) is 68.5 Å². The molecule has 0 spiro atoms. The first-order valence-corrected chi connectivity index (χ1v) is 8.47. The zero-order chi connectivity index (χ0) is 16.9. The third-order valence-electron chi connectivity index (χ3n) is 4.23. The van der Waals surface area contributed by atoms with E-state index in [2.05, 4.69) is 29.2 Å². The maximum Gasteiger partial charge on any atom is 0.227 e. The van der Waals surface area contributed by atoms with Crippen molar-refractivity contribution < 1.29 is 14.1 Å². The monoisotopic (exact) mass is 329 g/mol. The molecule has 2 heterocycles. The van der Waals surface area contributed by atoms with Crippen molar-refractivity contribution in [2.75, 3.05) is 19.7 Å². The van der Waals surface area contributed by atoms with Gasteiger partial charge in [0.2, 0.25) is 17.6 Å². The molecule has 0 radical (unpaired) electrons. The summed E-state index contributed by atoms with van der Waals surface area (Å²) >= 11 is 0. The van der Waals surface area contributed by atoms with Crippen LogP contribution in [0, 0.1) is 0 Å². The van der Waals surface area contributed by atoms with E-state index >= 15 is 0 Å². The summed E-state index contributed by atoms with van der Waals surface area (Å²) in [6.45, 7) is 6.01. The fraction of sp³-hybridized carbons (Fsp3) is 0.500. The van der Waals surface area contributed by atoms with Gasteiger partial charge in [-0.25, -0.2) is 0 Å². The Morgan fingerprint density at radius 1 is 1.33 bits per heavy atom. The predicted octanol–water partition coefficient (Wildman–Crippen LogP) is 2.48. The molecule has 2 aromatic rings. The van der Waals surface area contributed by atoms with Gasteiger partial charge in [0.05, 0.1) is 12.7 Å². The summed E-state index contributed by atoms with van der Waals surface area (Å²) in [7, 11) is 0. The van der Waals surface area contributed by atoms with Crippen LogP contribution in [-0.4, -0.2) is 46.7 Å². The molecule has 6 heteroatoms. The lowest BCUT2D eigenvalue weighted by Gasteiger charge is -2.31. The van der Waals surface area contributed by atoms with Crippen molar-refractivity contribution in [1.82, 2.24) is 15.0 Å². The molecule has 0 aliphatic carbocycles. The van der Waals surface area contributed by atoms with Gasteiger partial charge in [-0.2, -0.15) is 4.98 Å². The van der Waals surface area contributed by atoms with Crippen LogP contribution in [0.4, 0.5) is 0 Å². The highest BCUT2D eigenvalue weighted by Gasteiger charge is 2.21. The quantitative estimate of drug-likeness (QED) is 0.843. The van der Waals surface area contributed by atoms with E-state index in [4.69, 9.17) is 9.26 Å². The minimum Gasteiger partial charge on any atom is -0.375 e. The Morgan fingerprint density at radius 3 is 2.83 bits per heavy atom. The molecule has 1 aliphatic heterocycles. The van der Waals surface area contributed by atoms with Crippen molar-refractivity contribution in [3.8, 4) is 11.4 Å². The summed E-state index contributed by atoms with van der Waals surface area (Å²) in [5, 5.41) is 4.01. The minimum atomic E-state index is 0.101. The van der Waals surface area contributed by atoms with Gasteiger partial charge in [-0.15, -0.1) is 0 Å². The van der Waals surface area contributed by atoms with Gasteiger partial charge in [0, 0.05) is 31.5 Å². The van der Waals surface area contributed by atoms with Crippen LogP contribution in [0.15, 0.2) is 28.8 Å². The molecule has 1 unspecified atom stereocenters. The van der Waals surface area contributed by atoms with E-state index in [-0.39, 0.29) is 12.0 Å². The second kappa shape index (κ2) is 7.57.